The predicted octanol–water partition coefficient (Wildman–Crippen LogP) is 2.82. The van der Waals surface area contributed by atoms with Crippen LogP contribution in [-0.4, -0.2) is 16.7 Å². The van der Waals surface area contributed by atoms with E-state index in [9.17, 15) is 4.39 Å². The lowest BCUT2D eigenvalue weighted by Gasteiger charge is -2.16. The summed E-state index contributed by atoms with van der Waals surface area (Å²) in [4.78, 5) is 4.85. The number of pyridine rings is 1. The first-order valence-electron chi connectivity index (χ1n) is 5.33. The van der Waals surface area contributed by atoms with Gasteiger partial charge in [0.15, 0.2) is 0 Å². The molecular formula is C12H13FN2OS. The highest BCUT2D eigenvalue weighted by Gasteiger charge is 2.12. The van der Waals surface area contributed by atoms with E-state index in [-0.39, 0.29) is 12.6 Å². The molecule has 2 aromatic heterocycles. The number of hydrogen-bond donors (Lipinski definition) is 2. The van der Waals surface area contributed by atoms with Crippen molar-refractivity contribution in [3.8, 4) is 0 Å². The molecule has 2 aromatic rings. The van der Waals surface area contributed by atoms with E-state index < -0.39 is 5.95 Å². The number of aliphatic hydroxyl groups is 1. The summed E-state index contributed by atoms with van der Waals surface area (Å²) < 4.78 is 12.9. The van der Waals surface area contributed by atoms with E-state index in [4.69, 9.17) is 5.11 Å². The van der Waals surface area contributed by atoms with Crippen molar-refractivity contribution in [3.63, 3.8) is 0 Å². The van der Waals surface area contributed by atoms with E-state index in [0.29, 0.717) is 12.2 Å². The van der Waals surface area contributed by atoms with Crippen LogP contribution in [0.25, 0.3) is 0 Å². The number of hydrogen-bond acceptors (Lipinski definition) is 4. The first kappa shape index (κ1) is 12.0. The molecule has 0 fully saturated rings. The number of rotatable bonds is 5. The summed E-state index contributed by atoms with van der Waals surface area (Å²) in [6.07, 6.45) is 0.568. The molecule has 5 heteroatoms. The lowest BCUT2D eigenvalue weighted by Crippen LogP contribution is -2.12. The van der Waals surface area contributed by atoms with Crippen molar-refractivity contribution in [1.29, 1.82) is 0 Å². The number of nitrogens with one attached hydrogen (secondary N) is 1. The van der Waals surface area contributed by atoms with Crippen LogP contribution in [0.1, 0.15) is 17.3 Å². The largest absolute Gasteiger partial charge is 0.396 e. The van der Waals surface area contributed by atoms with E-state index in [0.717, 1.165) is 4.88 Å². The fourth-order valence-corrected chi connectivity index (χ4v) is 2.38. The van der Waals surface area contributed by atoms with Gasteiger partial charge in [0.25, 0.3) is 0 Å². The van der Waals surface area contributed by atoms with Gasteiger partial charge in [-0.3, -0.25) is 0 Å². The van der Waals surface area contributed by atoms with Crippen molar-refractivity contribution in [3.05, 3.63) is 46.5 Å². The Labute approximate surface area is 103 Å². The van der Waals surface area contributed by atoms with Gasteiger partial charge in [-0.1, -0.05) is 12.1 Å². The highest BCUT2D eigenvalue weighted by molar-refractivity contribution is 7.10. The number of thiophene rings is 1. The molecular weight excluding hydrogens is 239 g/mol. The van der Waals surface area contributed by atoms with Crippen LogP contribution in [0.4, 0.5) is 10.2 Å². The molecule has 0 saturated carbocycles. The van der Waals surface area contributed by atoms with Gasteiger partial charge in [-0.25, -0.2) is 4.98 Å². The Morgan fingerprint density at radius 3 is 2.88 bits per heavy atom. The molecule has 1 atom stereocenters. The summed E-state index contributed by atoms with van der Waals surface area (Å²) in [5, 5.41) is 14.1. The van der Waals surface area contributed by atoms with E-state index in [1.54, 1.807) is 23.5 Å². The lowest BCUT2D eigenvalue weighted by atomic mass is 10.2. The zero-order chi connectivity index (χ0) is 12.1. The molecule has 0 radical (unpaired) electrons. The topological polar surface area (TPSA) is 45.1 Å². The van der Waals surface area contributed by atoms with E-state index >= 15 is 0 Å². The molecule has 90 valence electrons. The van der Waals surface area contributed by atoms with Crippen LogP contribution < -0.4 is 5.32 Å². The van der Waals surface area contributed by atoms with Crippen LogP contribution in [0.5, 0.6) is 0 Å². The smallest absolute Gasteiger partial charge is 0.214 e. The Hall–Kier alpha value is -1.46. The molecule has 2 rings (SSSR count). The third kappa shape index (κ3) is 3.25. The first-order chi connectivity index (χ1) is 8.29. The van der Waals surface area contributed by atoms with Gasteiger partial charge in [0.1, 0.15) is 5.82 Å². The first-order valence-corrected chi connectivity index (χ1v) is 6.21. The SMILES string of the molecule is OCCC(Nc1cccc(F)n1)c1cccs1. The number of aromatic nitrogens is 1. The Balaban J connectivity index is 2.13. The van der Waals surface area contributed by atoms with Gasteiger partial charge in [0, 0.05) is 11.5 Å². The monoisotopic (exact) mass is 252 g/mol. The van der Waals surface area contributed by atoms with Crippen molar-refractivity contribution in [2.24, 2.45) is 0 Å². The van der Waals surface area contributed by atoms with Gasteiger partial charge < -0.3 is 10.4 Å². The summed E-state index contributed by atoms with van der Waals surface area (Å²) in [6.45, 7) is 0.0743. The van der Waals surface area contributed by atoms with Gasteiger partial charge in [0.2, 0.25) is 5.95 Å². The molecule has 2 heterocycles. The zero-order valence-corrected chi connectivity index (χ0v) is 9.95. The number of nitrogens with zero attached hydrogens (tertiary/aromatic N) is 1. The van der Waals surface area contributed by atoms with Gasteiger partial charge in [-0.15, -0.1) is 11.3 Å². The normalized spacial score (nSPS) is 12.4. The summed E-state index contributed by atoms with van der Waals surface area (Å²) in [5.74, 6) is -0.0271. The van der Waals surface area contributed by atoms with E-state index in [1.165, 1.54) is 6.07 Å². The third-order valence-corrected chi connectivity index (χ3v) is 3.33. The Morgan fingerprint density at radius 2 is 2.24 bits per heavy atom. The van der Waals surface area contributed by atoms with Gasteiger partial charge >= 0.3 is 0 Å². The number of aliphatic hydroxyl groups excluding tert-OH is 1. The van der Waals surface area contributed by atoms with E-state index in [2.05, 4.69) is 10.3 Å². The summed E-state index contributed by atoms with van der Waals surface area (Å²) >= 11 is 1.60. The predicted molar refractivity (Wildman–Crippen MR) is 66.6 cm³/mol. The van der Waals surface area contributed by atoms with Crippen molar-refractivity contribution in [1.82, 2.24) is 4.98 Å². The second-order valence-corrected chi connectivity index (χ2v) is 4.55. The second kappa shape index (κ2) is 5.75. The number of anilines is 1. The lowest BCUT2D eigenvalue weighted by molar-refractivity contribution is 0.280. The molecule has 0 aliphatic heterocycles. The molecule has 2 N–H and O–H groups in total. The maximum absolute atomic E-state index is 12.9. The average molecular weight is 252 g/mol. The molecule has 0 bridgehead atoms. The van der Waals surface area contributed by atoms with Crippen molar-refractivity contribution < 1.29 is 9.50 Å². The summed E-state index contributed by atoms with van der Waals surface area (Å²) in [7, 11) is 0. The van der Waals surface area contributed by atoms with Gasteiger partial charge in [0.05, 0.1) is 6.04 Å². The molecule has 0 spiro atoms. The Kier molecular flexibility index (Phi) is 4.06. The summed E-state index contributed by atoms with van der Waals surface area (Å²) in [6, 6.07) is 8.52. The maximum atomic E-state index is 12.9. The van der Waals surface area contributed by atoms with Crippen LogP contribution in [0.15, 0.2) is 35.7 Å². The Bertz CT molecular complexity index is 461. The minimum absolute atomic E-state index is 0.0331. The quantitative estimate of drug-likeness (QED) is 0.804. The fraction of sp³-hybridized carbons (Fsp3) is 0.250. The standard InChI is InChI=1S/C12H13FN2OS/c13-11-4-1-5-12(15-11)14-9(6-7-16)10-3-2-8-17-10/h1-5,8-9,16H,6-7H2,(H,14,15). The minimum atomic E-state index is -0.510. The molecule has 3 nitrogen and oxygen atoms in total. The third-order valence-electron chi connectivity index (χ3n) is 2.34. The van der Waals surface area contributed by atoms with Crippen molar-refractivity contribution >= 4 is 17.2 Å². The average Bonchev–Trinajstić information content (AvgIpc) is 2.82. The van der Waals surface area contributed by atoms with Crippen LogP contribution in [0, 0.1) is 5.95 Å². The second-order valence-electron chi connectivity index (χ2n) is 3.57. The van der Waals surface area contributed by atoms with Crippen molar-refractivity contribution in [2.45, 2.75) is 12.5 Å². The molecule has 0 aromatic carbocycles. The zero-order valence-electron chi connectivity index (χ0n) is 9.14. The fourth-order valence-electron chi connectivity index (χ4n) is 1.57. The van der Waals surface area contributed by atoms with Crippen LogP contribution >= 0.6 is 11.3 Å². The van der Waals surface area contributed by atoms with Crippen molar-refractivity contribution in [2.75, 3.05) is 11.9 Å². The highest BCUT2D eigenvalue weighted by atomic mass is 32.1. The van der Waals surface area contributed by atoms with Gasteiger partial charge in [-0.2, -0.15) is 4.39 Å². The molecule has 17 heavy (non-hydrogen) atoms. The number of halogens is 1. The van der Waals surface area contributed by atoms with Crippen LogP contribution in [-0.2, 0) is 0 Å². The van der Waals surface area contributed by atoms with E-state index in [1.807, 2.05) is 17.5 Å². The maximum Gasteiger partial charge on any atom is 0.214 e. The Morgan fingerprint density at radius 1 is 1.35 bits per heavy atom. The molecule has 0 amide bonds. The van der Waals surface area contributed by atoms with Crippen LogP contribution in [0.3, 0.4) is 0 Å². The molecule has 0 aliphatic rings. The molecule has 1 unspecified atom stereocenters. The van der Waals surface area contributed by atoms with Crippen LogP contribution in [0.2, 0.25) is 0 Å². The minimum Gasteiger partial charge on any atom is -0.396 e. The van der Waals surface area contributed by atoms with Gasteiger partial charge in [-0.05, 0) is 30.0 Å². The highest BCUT2D eigenvalue weighted by Crippen LogP contribution is 2.25. The molecule has 0 aliphatic carbocycles. The summed E-state index contributed by atoms with van der Waals surface area (Å²) in [5.41, 5.74) is 0. The molecule has 0 saturated heterocycles.